The van der Waals surface area contributed by atoms with E-state index in [9.17, 15) is 4.79 Å². The first-order valence-corrected chi connectivity index (χ1v) is 4.87. The molecule has 0 aliphatic heterocycles. The smallest absolute Gasteiger partial charge is 0.152 e. The summed E-state index contributed by atoms with van der Waals surface area (Å²) in [4.78, 5) is 12.9. The summed E-state index contributed by atoms with van der Waals surface area (Å²) in [6, 6.07) is 12.0. The largest absolute Gasteiger partial charge is 0.377 e. The molecule has 15 heavy (non-hydrogen) atoms. The lowest BCUT2D eigenvalue weighted by atomic mass is 10.1. The third-order valence-corrected chi connectivity index (χ3v) is 2.50. The van der Waals surface area contributed by atoms with Crippen molar-refractivity contribution >= 4 is 22.7 Å². The zero-order valence-corrected chi connectivity index (χ0v) is 8.90. The minimum atomic E-state index is 0.735. The van der Waals surface area contributed by atoms with Gasteiger partial charge in [-0.3, -0.25) is 4.79 Å². The Morgan fingerprint density at radius 2 is 1.67 bits per heavy atom. The molecular weight excluding hydrogens is 186 g/mol. The lowest BCUT2D eigenvalue weighted by Crippen LogP contribution is -2.11. The Hall–Kier alpha value is -1.83. The fraction of sp³-hybridized carbons (Fsp3) is 0.154. The number of anilines is 1. The number of hydrogen-bond donors (Lipinski definition) is 0. The Morgan fingerprint density at radius 1 is 1.07 bits per heavy atom. The molecule has 2 aromatic carbocycles. The average Bonchev–Trinajstić information content (AvgIpc) is 2.27. The summed E-state index contributed by atoms with van der Waals surface area (Å²) in [7, 11) is 3.88. The maximum absolute atomic E-state index is 10.9. The lowest BCUT2D eigenvalue weighted by molar-refractivity contribution is 0.112. The van der Waals surface area contributed by atoms with E-state index in [4.69, 9.17) is 0 Å². The summed E-state index contributed by atoms with van der Waals surface area (Å²) in [6.07, 6.45) is 0.905. The zero-order chi connectivity index (χ0) is 10.8. The molecule has 2 aromatic rings. The maximum atomic E-state index is 10.9. The lowest BCUT2D eigenvalue weighted by Gasteiger charge is -2.15. The molecule has 0 aromatic heterocycles. The Morgan fingerprint density at radius 3 is 2.20 bits per heavy atom. The van der Waals surface area contributed by atoms with Crippen LogP contribution in [0.3, 0.4) is 0 Å². The molecule has 0 aliphatic carbocycles. The highest BCUT2D eigenvalue weighted by Crippen LogP contribution is 2.24. The van der Waals surface area contributed by atoms with Gasteiger partial charge in [0, 0.05) is 25.3 Å². The van der Waals surface area contributed by atoms with E-state index in [0.717, 1.165) is 28.3 Å². The van der Waals surface area contributed by atoms with Crippen LogP contribution in [0.2, 0.25) is 0 Å². The van der Waals surface area contributed by atoms with Gasteiger partial charge in [0.2, 0.25) is 0 Å². The quantitative estimate of drug-likeness (QED) is 0.693. The van der Waals surface area contributed by atoms with E-state index in [-0.39, 0.29) is 0 Å². The number of hydrogen-bond acceptors (Lipinski definition) is 2. The van der Waals surface area contributed by atoms with Crippen molar-refractivity contribution in [3.05, 3.63) is 42.0 Å². The number of rotatable bonds is 2. The second-order valence-electron chi connectivity index (χ2n) is 3.77. The summed E-state index contributed by atoms with van der Waals surface area (Å²) in [5, 5.41) is 2.26. The minimum Gasteiger partial charge on any atom is -0.377 e. The van der Waals surface area contributed by atoms with Crippen molar-refractivity contribution in [2.75, 3.05) is 19.0 Å². The zero-order valence-electron chi connectivity index (χ0n) is 8.90. The van der Waals surface area contributed by atoms with E-state index in [1.165, 1.54) is 0 Å². The van der Waals surface area contributed by atoms with Crippen molar-refractivity contribution in [1.29, 1.82) is 0 Å². The van der Waals surface area contributed by atoms with Gasteiger partial charge in [0.1, 0.15) is 0 Å². The van der Waals surface area contributed by atoms with Crippen LogP contribution in [0.5, 0.6) is 0 Å². The molecular formula is C13H13NO. The Kier molecular flexibility index (Phi) is 2.42. The molecule has 2 nitrogen and oxygen atoms in total. The van der Waals surface area contributed by atoms with Gasteiger partial charge in [-0.2, -0.15) is 0 Å². The first-order valence-electron chi connectivity index (χ1n) is 4.87. The number of carbonyl (C=O) groups excluding carboxylic acids is 1. The normalized spacial score (nSPS) is 10.3. The first-order chi connectivity index (χ1) is 7.22. The number of nitrogens with zero attached hydrogens (tertiary/aromatic N) is 1. The molecule has 0 unspecified atom stereocenters. The fourth-order valence-electron chi connectivity index (χ4n) is 1.73. The first kappa shape index (κ1) is 9.71. The molecule has 0 saturated carbocycles. The molecule has 0 aliphatic rings. The van der Waals surface area contributed by atoms with Crippen molar-refractivity contribution in [3.8, 4) is 0 Å². The van der Waals surface area contributed by atoms with Gasteiger partial charge in [0.25, 0.3) is 0 Å². The molecule has 0 atom stereocenters. The monoisotopic (exact) mass is 199 g/mol. The van der Waals surface area contributed by atoms with Gasteiger partial charge in [-0.25, -0.2) is 0 Å². The Labute approximate surface area is 89.1 Å². The van der Waals surface area contributed by atoms with Crippen LogP contribution < -0.4 is 4.90 Å². The van der Waals surface area contributed by atoms with Crippen molar-refractivity contribution in [2.24, 2.45) is 0 Å². The van der Waals surface area contributed by atoms with E-state index >= 15 is 0 Å². The molecule has 0 fully saturated rings. The summed E-state index contributed by atoms with van der Waals surface area (Å²) in [5.41, 5.74) is 1.70. The van der Waals surface area contributed by atoms with E-state index < -0.39 is 0 Å². The predicted molar refractivity (Wildman–Crippen MR) is 63.7 cm³/mol. The van der Waals surface area contributed by atoms with E-state index in [2.05, 4.69) is 6.07 Å². The molecule has 0 spiro atoms. The molecule has 2 heteroatoms. The van der Waals surface area contributed by atoms with Crippen LogP contribution in [0.1, 0.15) is 10.4 Å². The van der Waals surface area contributed by atoms with Crippen LogP contribution in [0.25, 0.3) is 10.8 Å². The number of benzene rings is 2. The highest BCUT2D eigenvalue weighted by atomic mass is 16.1. The second kappa shape index (κ2) is 3.73. The van der Waals surface area contributed by atoms with Gasteiger partial charge in [0.15, 0.2) is 6.29 Å². The highest BCUT2D eigenvalue weighted by molar-refractivity contribution is 5.95. The van der Waals surface area contributed by atoms with E-state index in [1.54, 1.807) is 0 Å². The molecule has 76 valence electrons. The van der Waals surface area contributed by atoms with Crippen LogP contribution in [0.15, 0.2) is 36.4 Å². The topological polar surface area (TPSA) is 20.3 Å². The number of aldehydes is 1. The number of fused-ring (bicyclic) bond motifs is 1. The molecule has 0 radical (unpaired) electrons. The summed E-state index contributed by atoms with van der Waals surface area (Å²) in [5.74, 6) is 0. The molecule has 0 amide bonds. The molecule has 0 bridgehead atoms. The van der Waals surface area contributed by atoms with Crippen LogP contribution in [-0.2, 0) is 0 Å². The molecule has 0 N–H and O–H groups in total. The van der Waals surface area contributed by atoms with Gasteiger partial charge in [-0.05, 0) is 22.9 Å². The molecule has 0 heterocycles. The minimum absolute atomic E-state index is 0.735. The fourth-order valence-corrected chi connectivity index (χ4v) is 1.73. The van der Waals surface area contributed by atoms with Gasteiger partial charge in [0.05, 0.1) is 0 Å². The van der Waals surface area contributed by atoms with Crippen molar-refractivity contribution in [2.45, 2.75) is 0 Å². The van der Waals surface area contributed by atoms with E-state index in [1.807, 2.05) is 49.3 Å². The van der Waals surface area contributed by atoms with Gasteiger partial charge < -0.3 is 4.90 Å². The SMILES string of the molecule is CN(C)c1cc2ccccc2cc1C=O. The highest BCUT2D eigenvalue weighted by Gasteiger charge is 2.05. The molecule has 2 rings (SSSR count). The van der Waals surface area contributed by atoms with Gasteiger partial charge >= 0.3 is 0 Å². The predicted octanol–water partition coefficient (Wildman–Crippen LogP) is 2.72. The van der Waals surface area contributed by atoms with Crippen molar-refractivity contribution in [1.82, 2.24) is 0 Å². The third kappa shape index (κ3) is 1.71. The van der Waals surface area contributed by atoms with Crippen molar-refractivity contribution < 1.29 is 4.79 Å². The summed E-state index contributed by atoms with van der Waals surface area (Å²) in [6.45, 7) is 0. The van der Waals surface area contributed by atoms with Crippen molar-refractivity contribution in [3.63, 3.8) is 0 Å². The van der Waals surface area contributed by atoms with Crippen LogP contribution in [0, 0.1) is 0 Å². The second-order valence-corrected chi connectivity index (χ2v) is 3.77. The Bertz CT molecular complexity index is 503. The average molecular weight is 199 g/mol. The maximum Gasteiger partial charge on any atom is 0.152 e. The van der Waals surface area contributed by atoms with Crippen LogP contribution in [0.4, 0.5) is 5.69 Å². The molecule has 0 saturated heterocycles. The van der Waals surface area contributed by atoms with Gasteiger partial charge in [-0.15, -0.1) is 0 Å². The Balaban J connectivity index is 2.74. The summed E-state index contributed by atoms with van der Waals surface area (Å²) >= 11 is 0. The van der Waals surface area contributed by atoms with Crippen LogP contribution in [-0.4, -0.2) is 20.4 Å². The number of carbonyl (C=O) groups is 1. The third-order valence-electron chi connectivity index (χ3n) is 2.50. The van der Waals surface area contributed by atoms with Crippen LogP contribution >= 0.6 is 0 Å². The van der Waals surface area contributed by atoms with Gasteiger partial charge in [-0.1, -0.05) is 24.3 Å². The summed E-state index contributed by atoms with van der Waals surface area (Å²) < 4.78 is 0. The van der Waals surface area contributed by atoms with E-state index in [0.29, 0.717) is 0 Å². The standard InChI is InChI=1S/C13H13NO/c1-14(2)13-8-11-6-4-3-5-10(11)7-12(13)9-15/h3-9H,1-2H3.